The first-order valence-corrected chi connectivity index (χ1v) is 7.51. The van der Waals surface area contributed by atoms with Crippen LogP contribution in [-0.4, -0.2) is 17.0 Å². The number of hydrogen-bond acceptors (Lipinski definition) is 3. The van der Waals surface area contributed by atoms with Crippen LogP contribution < -0.4 is 5.32 Å². The van der Waals surface area contributed by atoms with Crippen molar-refractivity contribution in [1.82, 2.24) is 15.3 Å². The second kappa shape index (κ2) is 6.08. The minimum Gasteiger partial charge on any atom is -0.313 e. The lowest BCUT2D eigenvalue weighted by molar-refractivity contribution is 0.485. The van der Waals surface area contributed by atoms with Crippen LogP contribution in [0.2, 0.25) is 5.02 Å². The Kier molecular flexibility index (Phi) is 4.17. The van der Waals surface area contributed by atoms with Gasteiger partial charge in [0.25, 0.3) is 0 Å². The molecule has 1 aromatic heterocycles. The quantitative estimate of drug-likeness (QED) is 0.943. The average Bonchev–Trinajstić information content (AvgIpc) is 2.51. The Morgan fingerprint density at radius 2 is 2.29 bits per heavy atom. The Morgan fingerprint density at radius 1 is 1.43 bits per heavy atom. The molecular formula is C16H17ClFN3. The molecule has 0 radical (unpaired) electrons. The molecule has 0 amide bonds. The fourth-order valence-electron chi connectivity index (χ4n) is 2.83. The number of rotatable bonds is 3. The first-order valence-electron chi connectivity index (χ1n) is 7.14. The van der Waals surface area contributed by atoms with Gasteiger partial charge in [-0.2, -0.15) is 0 Å². The number of hydrogen-bond donors (Lipinski definition) is 1. The summed E-state index contributed by atoms with van der Waals surface area (Å²) in [7, 11) is 1.95. The Morgan fingerprint density at radius 3 is 3.10 bits per heavy atom. The van der Waals surface area contributed by atoms with Gasteiger partial charge in [0, 0.05) is 29.9 Å². The number of fused-ring (bicyclic) bond motifs is 1. The second-order valence-corrected chi connectivity index (χ2v) is 5.72. The number of aryl methyl sites for hydroxylation is 1. The summed E-state index contributed by atoms with van der Waals surface area (Å²) >= 11 is 5.81. The predicted octanol–water partition coefficient (Wildman–Crippen LogP) is 3.46. The van der Waals surface area contributed by atoms with E-state index in [1.165, 1.54) is 5.56 Å². The van der Waals surface area contributed by atoms with Crippen LogP contribution in [-0.2, 0) is 12.8 Å². The molecule has 3 nitrogen and oxygen atoms in total. The molecule has 5 heteroatoms. The maximum Gasteiger partial charge on any atom is 0.145 e. The summed E-state index contributed by atoms with van der Waals surface area (Å²) in [5.74, 6) is 0.264. The van der Waals surface area contributed by atoms with Gasteiger partial charge in [0.15, 0.2) is 0 Å². The number of nitrogens with one attached hydrogen (secondary N) is 1. The van der Waals surface area contributed by atoms with Crippen LogP contribution >= 0.6 is 11.6 Å². The third-order valence-corrected chi connectivity index (χ3v) is 4.25. The van der Waals surface area contributed by atoms with Crippen molar-refractivity contribution >= 4 is 11.6 Å². The van der Waals surface area contributed by atoms with E-state index >= 15 is 0 Å². The summed E-state index contributed by atoms with van der Waals surface area (Å²) in [6, 6.07) is 5.34. The molecule has 1 heterocycles. The van der Waals surface area contributed by atoms with Crippen LogP contribution in [0.4, 0.5) is 4.39 Å². The standard InChI is InChI=1S/C16H17ClFN3/c1-19-13-6-3-7-14-11(13)9-20-15(21-14)8-10-4-2-5-12(17)16(10)18/h2,4-5,9,13,19H,3,6-8H2,1H3. The first kappa shape index (κ1) is 14.4. The van der Waals surface area contributed by atoms with E-state index in [2.05, 4.69) is 15.3 Å². The lowest BCUT2D eigenvalue weighted by atomic mass is 9.92. The zero-order valence-corrected chi connectivity index (χ0v) is 12.6. The van der Waals surface area contributed by atoms with Crippen molar-refractivity contribution in [3.8, 4) is 0 Å². The highest BCUT2D eigenvalue weighted by molar-refractivity contribution is 6.30. The molecule has 2 aromatic rings. The molecule has 0 saturated carbocycles. The van der Waals surface area contributed by atoms with E-state index in [-0.39, 0.29) is 10.8 Å². The molecule has 0 bridgehead atoms. The number of halogens is 2. The van der Waals surface area contributed by atoms with E-state index in [0.29, 0.717) is 23.9 Å². The smallest absolute Gasteiger partial charge is 0.145 e. The molecule has 3 rings (SSSR count). The van der Waals surface area contributed by atoms with Gasteiger partial charge >= 0.3 is 0 Å². The minimum atomic E-state index is -0.381. The lowest BCUT2D eigenvalue weighted by Gasteiger charge is -2.24. The van der Waals surface area contributed by atoms with Gasteiger partial charge in [0.05, 0.1) is 5.02 Å². The van der Waals surface area contributed by atoms with Crippen molar-refractivity contribution in [2.75, 3.05) is 7.05 Å². The minimum absolute atomic E-state index is 0.140. The molecule has 0 spiro atoms. The Labute approximate surface area is 128 Å². The summed E-state index contributed by atoms with van der Waals surface area (Å²) in [6.07, 6.45) is 5.42. The molecule has 21 heavy (non-hydrogen) atoms. The fourth-order valence-corrected chi connectivity index (χ4v) is 3.02. The monoisotopic (exact) mass is 305 g/mol. The molecular weight excluding hydrogens is 289 g/mol. The van der Waals surface area contributed by atoms with Crippen molar-refractivity contribution in [2.45, 2.75) is 31.7 Å². The highest BCUT2D eigenvalue weighted by atomic mass is 35.5. The number of aromatic nitrogens is 2. The van der Waals surface area contributed by atoms with Crippen LogP contribution in [0.1, 0.15) is 41.5 Å². The van der Waals surface area contributed by atoms with Crippen molar-refractivity contribution in [3.63, 3.8) is 0 Å². The van der Waals surface area contributed by atoms with Gasteiger partial charge in [-0.1, -0.05) is 23.7 Å². The third-order valence-electron chi connectivity index (χ3n) is 3.96. The molecule has 110 valence electrons. The van der Waals surface area contributed by atoms with Crippen molar-refractivity contribution in [2.24, 2.45) is 0 Å². The summed E-state index contributed by atoms with van der Waals surface area (Å²) in [5, 5.41) is 3.43. The van der Waals surface area contributed by atoms with Gasteiger partial charge in [-0.3, -0.25) is 0 Å². The summed E-state index contributed by atoms with van der Waals surface area (Å²) in [4.78, 5) is 9.01. The average molecular weight is 306 g/mol. The number of nitrogens with zero attached hydrogens (tertiary/aromatic N) is 2. The highest BCUT2D eigenvalue weighted by Crippen LogP contribution is 2.28. The van der Waals surface area contributed by atoms with E-state index in [9.17, 15) is 4.39 Å². The third kappa shape index (κ3) is 2.92. The van der Waals surface area contributed by atoms with E-state index in [1.807, 2.05) is 13.2 Å². The molecule has 1 aliphatic carbocycles. The van der Waals surface area contributed by atoms with Gasteiger partial charge < -0.3 is 5.32 Å². The molecule has 1 atom stereocenters. The van der Waals surface area contributed by atoms with Gasteiger partial charge in [-0.05, 0) is 37.9 Å². The van der Waals surface area contributed by atoms with E-state index in [4.69, 9.17) is 11.6 Å². The van der Waals surface area contributed by atoms with Crippen molar-refractivity contribution in [1.29, 1.82) is 0 Å². The molecule has 0 aliphatic heterocycles. The molecule has 0 fully saturated rings. The fraction of sp³-hybridized carbons (Fsp3) is 0.375. The zero-order valence-electron chi connectivity index (χ0n) is 11.9. The molecule has 0 saturated heterocycles. The molecule has 1 N–H and O–H groups in total. The summed E-state index contributed by atoms with van der Waals surface area (Å²) < 4.78 is 13.9. The van der Waals surface area contributed by atoms with Crippen LogP contribution in [0.15, 0.2) is 24.4 Å². The predicted molar refractivity (Wildman–Crippen MR) is 81.0 cm³/mol. The highest BCUT2D eigenvalue weighted by Gasteiger charge is 2.21. The van der Waals surface area contributed by atoms with Crippen LogP contribution in [0.3, 0.4) is 0 Å². The van der Waals surface area contributed by atoms with Crippen molar-refractivity contribution in [3.05, 3.63) is 57.9 Å². The van der Waals surface area contributed by atoms with Gasteiger partial charge in [0.2, 0.25) is 0 Å². The summed E-state index contributed by atoms with van der Waals surface area (Å²) in [6.45, 7) is 0. The largest absolute Gasteiger partial charge is 0.313 e. The molecule has 1 aliphatic rings. The zero-order chi connectivity index (χ0) is 14.8. The molecule has 1 unspecified atom stereocenters. The van der Waals surface area contributed by atoms with Crippen LogP contribution in [0, 0.1) is 5.82 Å². The number of benzene rings is 1. The topological polar surface area (TPSA) is 37.8 Å². The SMILES string of the molecule is CNC1CCCc2nc(Cc3cccc(Cl)c3F)ncc21. The van der Waals surface area contributed by atoms with Gasteiger partial charge in [-0.15, -0.1) is 0 Å². The van der Waals surface area contributed by atoms with Gasteiger partial charge in [0.1, 0.15) is 11.6 Å². The van der Waals surface area contributed by atoms with Crippen LogP contribution in [0.5, 0.6) is 0 Å². The Bertz CT molecular complexity index is 660. The Balaban J connectivity index is 1.89. The summed E-state index contributed by atoms with van der Waals surface area (Å²) in [5.41, 5.74) is 2.77. The maximum absolute atomic E-state index is 13.9. The lowest BCUT2D eigenvalue weighted by Crippen LogP contribution is -2.23. The van der Waals surface area contributed by atoms with Crippen molar-refractivity contribution < 1.29 is 4.39 Å². The van der Waals surface area contributed by atoms with Gasteiger partial charge in [-0.25, -0.2) is 14.4 Å². The molecule has 1 aromatic carbocycles. The van der Waals surface area contributed by atoms with E-state index in [0.717, 1.165) is 25.0 Å². The van der Waals surface area contributed by atoms with Crippen LogP contribution in [0.25, 0.3) is 0 Å². The van der Waals surface area contributed by atoms with E-state index in [1.54, 1.807) is 18.2 Å². The maximum atomic E-state index is 13.9. The second-order valence-electron chi connectivity index (χ2n) is 5.31. The first-order chi connectivity index (χ1) is 10.2. The Hall–Kier alpha value is -1.52. The van der Waals surface area contributed by atoms with E-state index < -0.39 is 0 Å². The normalized spacial score (nSPS) is 17.6.